The zero-order valence-corrected chi connectivity index (χ0v) is 11.2. The van der Waals surface area contributed by atoms with Crippen LogP contribution in [0.2, 0.25) is 5.02 Å². The molecule has 4 nitrogen and oxygen atoms in total. The molecule has 98 valence electrons. The first-order chi connectivity index (χ1) is 8.63. The van der Waals surface area contributed by atoms with E-state index in [0.717, 1.165) is 12.2 Å². The van der Waals surface area contributed by atoms with Crippen LogP contribution in [0.1, 0.15) is 6.92 Å². The van der Waals surface area contributed by atoms with Crippen molar-refractivity contribution in [3.8, 4) is 0 Å². The molecule has 2 rings (SSSR count). The number of amides is 1. The predicted molar refractivity (Wildman–Crippen MR) is 73.8 cm³/mol. The lowest BCUT2D eigenvalue weighted by Gasteiger charge is -2.31. The molecule has 2 unspecified atom stereocenters. The van der Waals surface area contributed by atoms with Crippen molar-refractivity contribution in [1.29, 1.82) is 0 Å². The van der Waals surface area contributed by atoms with Crippen molar-refractivity contribution >= 4 is 23.2 Å². The summed E-state index contributed by atoms with van der Waals surface area (Å²) in [5.41, 5.74) is 6.61. The number of nitrogens with two attached hydrogens (primary N) is 1. The fraction of sp³-hybridized carbons (Fsp3) is 0.462. The molecule has 0 spiro atoms. The molecular formula is C13H18ClN3O. The highest BCUT2D eigenvalue weighted by molar-refractivity contribution is 6.33. The second kappa shape index (κ2) is 5.59. The number of hydrogen-bond donors (Lipinski definition) is 2. The maximum absolute atomic E-state index is 12.0. The quantitative estimate of drug-likeness (QED) is 0.848. The van der Waals surface area contributed by atoms with Gasteiger partial charge in [-0.1, -0.05) is 30.7 Å². The molecule has 1 aliphatic heterocycles. The van der Waals surface area contributed by atoms with Gasteiger partial charge in [0.2, 0.25) is 5.91 Å². The smallest absolute Gasteiger partial charge is 0.244 e. The number of benzene rings is 1. The van der Waals surface area contributed by atoms with E-state index in [4.69, 9.17) is 17.3 Å². The number of carbonyl (C=O) groups is 1. The summed E-state index contributed by atoms with van der Waals surface area (Å²) < 4.78 is 0. The lowest BCUT2D eigenvalue weighted by molar-refractivity contribution is -0.121. The number of rotatable bonds is 2. The molecule has 1 aromatic carbocycles. The van der Waals surface area contributed by atoms with Crippen LogP contribution >= 0.6 is 11.6 Å². The van der Waals surface area contributed by atoms with E-state index in [1.54, 1.807) is 0 Å². The second-order valence-corrected chi connectivity index (χ2v) is 5.11. The Labute approximate surface area is 112 Å². The molecule has 0 bridgehead atoms. The van der Waals surface area contributed by atoms with Gasteiger partial charge in [0.1, 0.15) is 6.04 Å². The van der Waals surface area contributed by atoms with Crippen LogP contribution in [0.5, 0.6) is 0 Å². The van der Waals surface area contributed by atoms with Crippen LogP contribution in [0.4, 0.5) is 5.69 Å². The highest BCUT2D eigenvalue weighted by Crippen LogP contribution is 2.28. The van der Waals surface area contributed by atoms with E-state index in [1.165, 1.54) is 0 Å². The maximum atomic E-state index is 12.0. The standard InChI is InChI=1S/C13H18ClN3O/c1-9-7-16-13(18)12(6-15)17(8-9)11-5-3-2-4-10(11)14/h2-5,9,12H,6-8,15H2,1H3,(H,16,18). The zero-order valence-electron chi connectivity index (χ0n) is 10.4. The van der Waals surface area contributed by atoms with E-state index in [9.17, 15) is 4.79 Å². The van der Waals surface area contributed by atoms with Gasteiger partial charge in [-0.25, -0.2) is 0 Å². The van der Waals surface area contributed by atoms with Crippen LogP contribution in [-0.2, 0) is 4.79 Å². The molecule has 1 saturated heterocycles. The summed E-state index contributed by atoms with van der Waals surface area (Å²) in [5, 5.41) is 3.56. The lowest BCUT2D eigenvalue weighted by atomic mass is 10.1. The molecule has 5 heteroatoms. The van der Waals surface area contributed by atoms with E-state index >= 15 is 0 Å². The minimum Gasteiger partial charge on any atom is -0.357 e. The van der Waals surface area contributed by atoms with Crippen LogP contribution < -0.4 is 16.0 Å². The van der Waals surface area contributed by atoms with Gasteiger partial charge < -0.3 is 16.0 Å². The van der Waals surface area contributed by atoms with Gasteiger partial charge in [-0.15, -0.1) is 0 Å². The van der Waals surface area contributed by atoms with E-state index < -0.39 is 0 Å². The van der Waals surface area contributed by atoms with Crippen molar-refractivity contribution in [2.45, 2.75) is 13.0 Å². The normalized spacial score (nSPS) is 24.6. The topological polar surface area (TPSA) is 58.4 Å². The SMILES string of the molecule is CC1CNC(=O)C(CN)N(c2ccccc2Cl)C1. The molecule has 0 aliphatic carbocycles. The van der Waals surface area contributed by atoms with Crippen molar-refractivity contribution < 1.29 is 4.79 Å². The number of halogens is 1. The minimum atomic E-state index is -0.352. The monoisotopic (exact) mass is 267 g/mol. The van der Waals surface area contributed by atoms with Crippen LogP contribution in [0, 0.1) is 5.92 Å². The van der Waals surface area contributed by atoms with E-state index in [2.05, 4.69) is 12.2 Å². The number of para-hydroxylation sites is 1. The maximum Gasteiger partial charge on any atom is 0.244 e. The molecule has 3 N–H and O–H groups in total. The van der Waals surface area contributed by atoms with E-state index in [-0.39, 0.29) is 18.5 Å². The first-order valence-electron chi connectivity index (χ1n) is 6.12. The first-order valence-corrected chi connectivity index (χ1v) is 6.50. The Balaban J connectivity index is 2.37. The summed E-state index contributed by atoms with van der Waals surface area (Å²) in [7, 11) is 0. The van der Waals surface area contributed by atoms with Crippen molar-refractivity contribution in [2.75, 3.05) is 24.5 Å². The number of hydrogen-bond acceptors (Lipinski definition) is 3. The molecule has 0 aromatic heterocycles. The molecule has 1 aromatic rings. The lowest BCUT2D eigenvalue weighted by Crippen LogP contribution is -2.49. The average molecular weight is 268 g/mol. The van der Waals surface area contributed by atoms with Gasteiger partial charge in [-0.2, -0.15) is 0 Å². The number of nitrogens with zero attached hydrogens (tertiary/aromatic N) is 1. The summed E-state index contributed by atoms with van der Waals surface area (Å²) in [6, 6.07) is 7.20. The minimum absolute atomic E-state index is 0.0261. The number of nitrogens with one attached hydrogen (secondary N) is 1. The Hall–Kier alpha value is -1.26. The fourth-order valence-corrected chi connectivity index (χ4v) is 2.49. The Bertz CT molecular complexity index is 438. The van der Waals surface area contributed by atoms with Crippen molar-refractivity contribution in [3.05, 3.63) is 29.3 Å². The molecule has 18 heavy (non-hydrogen) atoms. The second-order valence-electron chi connectivity index (χ2n) is 4.71. The third-order valence-corrected chi connectivity index (χ3v) is 3.52. The van der Waals surface area contributed by atoms with Crippen molar-refractivity contribution in [3.63, 3.8) is 0 Å². The van der Waals surface area contributed by atoms with Gasteiger partial charge in [0.05, 0.1) is 10.7 Å². The van der Waals surface area contributed by atoms with Gasteiger partial charge in [0, 0.05) is 19.6 Å². The summed E-state index contributed by atoms with van der Waals surface area (Å²) in [6.45, 7) is 3.83. The third kappa shape index (κ3) is 2.60. The first kappa shape index (κ1) is 13.2. The fourth-order valence-electron chi connectivity index (χ4n) is 2.25. The van der Waals surface area contributed by atoms with Crippen molar-refractivity contribution in [1.82, 2.24) is 5.32 Å². The molecule has 0 radical (unpaired) electrons. The Kier molecular flexibility index (Phi) is 4.09. The highest BCUT2D eigenvalue weighted by Gasteiger charge is 2.30. The van der Waals surface area contributed by atoms with E-state index in [1.807, 2.05) is 29.2 Å². The van der Waals surface area contributed by atoms with Gasteiger partial charge in [0.15, 0.2) is 0 Å². The Morgan fingerprint density at radius 2 is 2.22 bits per heavy atom. The summed E-state index contributed by atoms with van der Waals surface area (Å²) in [4.78, 5) is 14.0. The van der Waals surface area contributed by atoms with E-state index in [0.29, 0.717) is 17.5 Å². The number of anilines is 1. The molecule has 2 atom stereocenters. The van der Waals surface area contributed by atoms with Crippen LogP contribution in [-0.4, -0.2) is 31.6 Å². The molecule has 1 fully saturated rings. The van der Waals surface area contributed by atoms with Crippen molar-refractivity contribution in [2.24, 2.45) is 11.7 Å². The van der Waals surface area contributed by atoms with Gasteiger partial charge in [-0.3, -0.25) is 4.79 Å². The third-order valence-electron chi connectivity index (χ3n) is 3.20. The molecular weight excluding hydrogens is 250 g/mol. The summed E-state index contributed by atoms with van der Waals surface area (Å²) in [6.07, 6.45) is 0. The average Bonchev–Trinajstić information content (AvgIpc) is 2.50. The number of carbonyl (C=O) groups excluding carboxylic acids is 1. The van der Waals surface area contributed by atoms with Gasteiger partial charge in [0.25, 0.3) is 0 Å². The predicted octanol–water partition coefficient (Wildman–Crippen LogP) is 1.24. The summed E-state index contributed by atoms with van der Waals surface area (Å²) in [5.74, 6) is 0.337. The van der Waals surface area contributed by atoms with Gasteiger partial charge in [-0.05, 0) is 18.1 Å². The molecule has 1 heterocycles. The van der Waals surface area contributed by atoms with Crippen LogP contribution in [0.25, 0.3) is 0 Å². The summed E-state index contributed by atoms with van der Waals surface area (Å²) >= 11 is 6.21. The Morgan fingerprint density at radius 3 is 2.89 bits per heavy atom. The zero-order chi connectivity index (χ0) is 13.1. The Morgan fingerprint density at radius 1 is 1.50 bits per heavy atom. The molecule has 1 amide bonds. The molecule has 1 aliphatic rings. The highest BCUT2D eigenvalue weighted by atomic mass is 35.5. The molecule has 0 saturated carbocycles. The van der Waals surface area contributed by atoms with Crippen LogP contribution in [0.15, 0.2) is 24.3 Å². The largest absolute Gasteiger partial charge is 0.357 e. The van der Waals surface area contributed by atoms with Crippen LogP contribution in [0.3, 0.4) is 0 Å². The van der Waals surface area contributed by atoms with Gasteiger partial charge >= 0.3 is 0 Å².